The Hall–Kier alpha value is -2.81. The number of aromatic nitrogens is 5. The van der Waals surface area contributed by atoms with Crippen molar-refractivity contribution in [1.29, 1.82) is 0 Å². The molecule has 9 heteroatoms. The molecule has 4 heterocycles. The summed E-state index contributed by atoms with van der Waals surface area (Å²) in [6, 6.07) is 12.2. The van der Waals surface area contributed by atoms with E-state index in [2.05, 4.69) is 27.5 Å². The summed E-state index contributed by atoms with van der Waals surface area (Å²) in [5, 5.41) is 13.2. The average Bonchev–Trinajstić information content (AvgIpc) is 3.34. The molecule has 8 nitrogen and oxygen atoms in total. The summed E-state index contributed by atoms with van der Waals surface area (Å²) in [7, 11) is 3.99. The number of benzene rings is 1. The molecule has 0 radical (unpaired) electrons. The van der Waals surface area contributed by atoms with Gasteiger partial charge in [0.15, 0.2) is 11.5 Å². The van der Waals surface area contributed by atoms with Crippen molar-refractivity contribution in [3.63, 3.8) is 0 Å². The van der Waals surface area contributed by atoms with Crippen LogP contribution in [0.25, 0.3) is 33.7 Å². The zero-order valence-corrected chi connectivity index (χ0v) is 18.0. The third-order valence-corrected chi connectivity index (χ3v) is 5.52. The number of halogens is 1. The van der Waals surface area contributed by atoms with Crippen LogP contribution >= 0.6 is 12.4 Å². The first-order valence-corrected chi connectivity index (χ1v) is 9.76. The van der Waals surface area contributed by atoms with Gasteiger partial charge in [0.25, 0.3) is 5.89 Å². The molecule has 1 aliphatic heterocycles. The molecule has 1 N–H and O–H groups in total. The quantitative estimate of drug-likeness (QED) is 0.540. The van der Waals surface area contributed by atoms with Gasteiger partial charge >= 0.3 is 0 Å². The first-order chi connectivity index (χ1) is 14.1. The van der Waals surface area contributed by atoms with Crippen molar-refractivity contribution in [2.45, 2.75) is 13.0 Å². The number of fused-ring (bicyclic) bond motifs is 1. The van der Waals surface area contributed by atoms with Gasteiger partial charge in [-0.2, -0.15) is 10.1 Å². The third-order valence-electron chi connectivity index (χ3n) is 5.52. The Kier molecular flexibility index (Phi) is 5.55. The van der Waals surface area contributed by atoms with E-state index in [9.17, 15) is 0 Å². The summed E-state index contributed by atoms with van der Waals surface area (Å²) in [6.07, 6.45) is 0. The predicted molar refractivity (Wildman–Crippen MR) is 117 cm³/mol. The van der Waals surface area contributed by atoms with Crippen molar-refractivity contribution in [3.8, 4) is 22.7 Å². The van der Waals surface area contributed by atoms with E-state index in [0.717, 1.165) is 53.2 Å². The largest absolute Gasteiger partial charge is 0.334 e. The van der Waals surface area contributed by atoms with Crippen LogP contribution in [0.4, 0.5) is 0 Å². The Labute approximate surface area is 180 Å². The highest BCUT2D eigenvalue weighted by molar-refractivity contribution is 5.95. The van der Waals surface area contributed by atoms with Crippen LogP contribution in [0.1, 0.15) is 17.6 Å². The van der Waals surface area contributed by atoms with Crippen LogP contribution in [0.3, 0.4) is 0 Å². The lowest BCUT2D eigenvalue weighted by Gasteiger charge is -2.30. The van der Waals surface area contributed by atoms with Crippen molar-refractivity contribution in [1.82, 2.24) is 35.1 Å². The predicted octanol–water partition coefficient (Wildman–Crippen LogP) is 2.99. The summed E-state index contributed by atoms with van der Waals surface area (Å²) < 4.78 is 7.54. The Balaban J connectivity index is 0.00000218. The number of rotatable bonds is 3. The van der Waals surface area contributed by atoms with E-state index in [0.29, 0.717) is 11.7 Å². The maximum Gasteiger partial charge on any atom is 0.258 e. The summed E-state index contributed by atoms with van der Waals surface area (Å²) in [4.78, 5) is 11.9. The topological polar surface area (TPSA) is 84.9 Å². The molecule has 1 aliphatic rings. The van der Waals surface area contributed by atoms with Gasteiger partial charge in [0.05, 0.1) is 28.4 Å². The van der Waals surface area contributed by atoms with Crippen LogP contribution in [0.15, 0.2) is 40.9 Å². The zero-order valence-electron chi connectivity index (χ0n) is 17.2. The minimum absolute atomic E-state index is 0. The summed E-state index contributed by atoms with van der Waals surface area (Å²) in [5.41, 5.74) is 4.44. The van der Waals surface area contributed by atoms with E-state index >= 15 is 0 Å². The Morgan fingerprint density at radius 3 is 2.70 bits per heavy atom. The summed E-state index contributed by atoms with van der Waals surface area (Å²) in [6.45, 7) is 4.71. The molecule has 0 amide bonds. The van der Waals surface area contributed by atoms with Crippen LogP contribution in [-0.4, -0.2) is 56.5 Å². The molecule has 1 atom stereocenters. The maximum absolute atomic E-state index is 5.74. The smallest absolute Gasteiger partial charge is 0.258 e. The molecule has 0 spiro atoms. The number of hydrogen-bond donors (Lipinski definition) is 1. The minimum Gasteiger partial charge on any atom is -0.334 e. The second-order valence-electron chi connectivity index (χ2n) is 7.49. The fourth-order valence-corrected chi connectivity index (χ4v) is 3.94. The fraction of sp³-hybridized carbons (Fsp3) is 0.333. The lowest BCUT2D eigenvalue weighted by atomic mass is 10.1. The van der Waals surface area contributed by atoms with Crippen LogP contribution in [-0.2, 0) is 7.05 Å². The number of pyridine rings is 1. The van der Waals surface area contributed by atoms with Crippen LogP contribution < -0.4 is 5.32 Å². The highest BCUT2D eigenvalue weighted by Gasteiger charge is 2.27. The van der Waals surface area contributed by atoms with Crippen molar-refractivity contribution >= 4 is 23.4 Å². The van der Waals surface area contributed by atoms with Crippen molar-refractivity contribution in [3.05, 3.63) is 47.9 Å². The van der Waals surface area contributed by atoms with Crippen molar-refractivity contribution in [2.24, 2.45) is 7.05 Å². The molecule has 0 bridgehead atoms. The third kappa shape index (κ3) is 3.47. The Morgan fingerprint density at radius 1 is 1.13 bits per heavy atom. The first-order valence-electron chi connectivity index (χ1n) is 9.76. The second-order valence-corrected chi connectivity index (χ2v) is 7.49. The number of aryl methyl sites for hydroxylation is 2. The molecule has 1 saturated heterocycles. The average molecular weight is 426 g/mol. The van der Waals surface area contributed by atoms with Gasteiger partial charge in [0.1, 0.15) is 0 Å². The van der Waals surface area contributed by atoms with Crippen LogP contribution in [0.2, 0.25) is 0 Å². The van der Waals surface area contributed by atoms with Gasteiger partial charge in [-0.25, -0.2) is 4.98 Å². The highest BCUT2D eigenvalue weighted by Crippen LogP contribution is 2.33. The molecule has 0 saturated carbocycles. The molecular weight excluding hydrogens is 402 g/mol. The highest BCUT2D eigenvalue weighted by atomic mass is 35.5. The van der Waals surface area contributed by atoms with Gasteiger partial charge in [-0.1, -0.05) is 35.5 Å². The van der Waals surface area contributed by atoms with Crippen LogP contribution in [0, 0.1) is 6.92 Å². The molecule has 0 aliphatic carbocycles. The minimum atomic E-state index is 0. The van der Waals surface area contributed by atoms with Gasteiger partial charge < -0.3 is 9.84 Å². The van der Waals surface area contributed by atoms with E-state index in [4.69, 9.17) is 14.5 Å². The van der Waals surface area contributed by atoms with Gasteiger partial charge in [-0.3, -0.25) is 9.58 Å². The van der Waals surface area contributed by atoms with E-state index in [1.165, 1.54) is 0 Å². The molecule has 3 aromatic heterocycles. The molecule has 1 unspecified atom stereocenters. The van der Waals surface area contributed by atoms with Gasteiger partial charge in [-0.15, -0.1) is 12.4 Å². The van der Waals surface area contributed by atoms with Crippen LogP contribution in [0.5, 0.6) is 0 Å². The molecular formula is C21H24ClN7O. The monoisotopic (exact) mass is 425 g/mol. The van der Waals surface area contributed by atoms with Gasteiger partial charge in [0, 0.05) is 32.2 Å². The van der Waals surface area contributed by atoms with Gasteiger partial charge in [0.2, 0.25) is 0 Å². The van der Waals surface area contributed by atoms with E-state index in [-0.39, 0.29) is 18.4 Å². The van der Waals surface area contributed by atoms with E-state index < -0.39 is 0 Å². The molecule has 30 heavy (non-hydrogen) atoms. The molecule has 1 aromatic carbocycles. The first kappa shape index (κ1) is 20.5. The van der Waals surface area contributed by atoms with E-state index in [1.54, 1.807) is 4.68 Å². The maximum atomic E-state index is 5.74. The number of nitrogens with zero attached hydrogens (tertiary/aromatic N) is 6. The molecule has 1 fully saturated rings. The van der Waals surface area contributed by atoms with Crippen molar-refractivity contribution in [2.75, 3.05) is 26.7 Å². The molecule has 5 rings (SSSR count). The lowest BCUT2D eigenvalue weighted by molar-refractivity contribution is 0.190. The van der Waals surface area contributed by atoms with E-state index in [1.807, 2.05) is 50.4 Å². The molecule has 4 aromatic rings. The number of hydrogen-bond acceptors (Lipinski definition) is 7. The zero-order chi connectivity index (χ0) is 20.0. The second kappa shape index (κ2) is 8.14. The Bertz CT molecular complexity index is 1170. The lowest BCUT2D eigenvalue weighted by Crippen LogP contribution is -2.44. The summed E-state index contributed by atoms with van der Waals surface area (Å²) >= 11 is 0. The standard InChI is InChI=1S/C21H23N7O.ClH/c1-13-18-15(21-24-19(26-29-21)17-12-22-9-10-27(17)2)11-16(14-7-5-4-6-8-14)23-20(18)28(3)25-13;/h4-8,11,17,22H,9-10,12H2,1-3H3;1H. The molecule has 156 valence electrons. The normalized spacial score (nSPS) is 17.2. The fourth-order valence-electron chi connectivity index (χ4n) is 3.94. The number of likely N-dealkylation sites (N-methyl/N-ethyl adjacent to an activating group) is 1. The van der Waals surface area contributed by atoms with Gasteiger partial charge in [-0.05, 0) is 20.0 Å². The summed E-state index contributed by atoms with van der Waals surface area (Å²) in [5.74, 6) is 1.20. The SMILES string of the molecule is Cc1nn(C)c2nc(-c3ccccc3)cc(-c3nc(C4CNCCN4C)no3)c12.Cl. The Morgan fingerprint density at radius 2 is 1.93 bits per heavy atom. The van der Waals surface area contributed by atoms with Crippen molar-refractivity contribution < 1.29 is 4.52 Å². The number of piperazine rings is 1. The number of nitrogens with one attached hydrogen (secondary N) is 1.